The van der Waals surface area contributed by atoms with Gasteiger partial charge in [0.2, 0.25) is 5.28 Å². The lowest BCUT2D eigenvalue weighted by atomic mass is 10.3. The van der Waals surface area contributed by atoms with Crippen molar-refractivity contribution in [3.63, 3.8) is 0 Å². The fourth-order valence-corrected chi connectivity index (χ4v) is 2.65. The van der Waals surface area contributed by atoms with Crippen molar-refractivity contribution in [2.75, 3.05) is 4.90 Å². The molecule has 0 aromatic carbocycles. The van der Waals surface area contributed by atoms with Crippen molar-refractivity contribution >= 4 is 28.8 Å². The van der Waals surface area contributed by atoms with Crippen molar-refractivity contribution in [3.05, 3.63) is 39.9 Å². The molecule has 2 heterocycles. The largest absolute Gasteiger partial charge is 0.349 e. The first kappa shape index (κ1) is 11.0. The molecule has 2 aromatic heterocycles. The summed E-state index contributed by atoms with van der Waals surface area (Å²) in [5.41, 5.74) is 1.33. The van der Waals surface area contributed by atoms with Gasteiger partial charge < -0.3 is 4.90 Å². The summed E-state index contributed by atoms with van der Waals surface area (Å²) in [5, 5.41) is 4.60. The summed E-state index contributed by atoms with van der Waals surface area (Å²) in [6, 6.07) is 4.69. The highest BCUT2D eigenvalue weighted by Gasteiger charge is 2.30. The van der Waals surface area contributed by atoms with Gasteiger partial charge in [-0.05, 0) is 52.9 Å². The highest BCUT2D eigenvalue weighted by molar-refractivity contribution is 7.07. The molecule has 0 N–H and O–H groups in total. The zero-order chi connectivity index (χ0) is 11.7. The third-order valence-electron chi connectivity index (χ3n) is 2.83. The highest BCUT2D eigenvalue weighted by atomic mass is 35.5. The van der Waals surface area contributed by atoms with Crippen molar-refractivity contribution in [2.24, 2.45) is 0 Å². The zero-order valence-corrected chi connectivity index (χ0v) is 10.8. The van der Waals surface area contributed by atoms with E-state index in [9.17, 15) is 0 Å². The first-order valence-corrected chi connectivity index (χ1v) is 6.91. The van der Waals surface area contributed by atoms with Gasteiger partial charge >= 0.3 is 0 Å². The molecule has 0 atom stereocenters. The van der Waals surface area contributed by atoms with E-state index in [4.69, 9.17) is 11.6 Å². The summed E-state index contributed by atoms with van der Waals surface area (Å²) in [6.07, 6.45) is 4.20. The van der Waals surface area contributed by atoms with Crippen LogP contribution in [0.3, 0.4) is 0 Å². The maximum atomic E-state index is 5.85. The van der Waals surface area contributed by atoms with Crippen LogP contribution in [-0.4, -0.2) is 16.0 Å². The Hall–Kier alpha value is -1.13. The molecule has 88 valence electrons. The predicted molar refractivity (Wildman–Crippen MR) is 70.6 cm³/mol. The first-order chi connectivity index (χ1) is 8.33. The van der Waals surface area contributed by atoms with Crippen LogP contribution in [0.5, 0.6) is 0 Å². The third kappa shape index (κ3) is 2.58. The van der Waals surface area contributed by atoms with E-state index in [2.05, 4.69) is 31.7 Å². The van der Waals surface area contributed by atoms with Gasteiger partial charge in [0.15, 0.2) is 0 Å². The molecule has 1 saturated carbocycles. The zero-order valence-electron chi connectivity index (χ0n) is 9.21. The predicted octanol–water partition coefficient (Wildman–Crippen LogP) is 3.36. The van der Waals surface area contributed by atoms with Crippen molar-refractivity contribution in [2.45, 2.75) is 25.4 Å². The van der Waals surface area contributed by atoms with Crippen LogP contribution in [0, 0.1) is 0 Å². The van der Waals surface area contributed by atoms with Crippen LogP contribution in [0.4, 0.5) is 5.82 Å². The quantitative estimate of drug-likeness (QED) is 0.794. The van der Waals surface area contributed by atoms with Crippen molar-refractivity contribution in [3.8, 4) is 0 Å². The van der Waals surface area contributed by atoms with E-state index in [1.807, 2.05) is 6.07 Å². The molecule has 5 heteroatoms. The summed E-state index contributed by atoms with van der Waals surface area (Å²) in [5.74, 6) is 0.929. The average molecular weight is 266 g/mol. The van der Waals surface area contributed by atoms with Crippen molar-refractivity contribution in [1.29, 1.82) is 0 Å². The Balaban J connectivity index is 1.85. The maximum Gasteiger partial charge on any atom is 0.224 e. The number of hydrogen-bond acceptors (Lipinski definition) is 4. The van der Waals surface area contributed by atoms with Crippen LogP contribution in [0.15, 0.2) is 29.1 Å². The van der Waals surface area contributed by atoms with Gasteiger partial charge in [0.25, 0.3) is 0 Å². The molecule has 0 spiro atoms. The number of aromatic nitrogens is 2. The van der Waals surface area contributed by atoms with Crippen LogP contribution in [0.1, 0.15) is 18.4 Å². The normalized spacial score (nSPS) is 14.9. The van der Waals surface area contributed by atoms with Gasteiger partial charge in [-0.1, -0.05) is 0 Å². The Morgan fingerprint density at radius 1 is 1.41 bits per heavy atom. The molecule has 0 bridgehead atoms. The lowest BCUT2D eigenvalue weighted by Gasteiger charge is -2.22. The first-order valence-electron chi connectivity index (χ1n) is 5.59. The standard InChI is InChI=1S/C12H12ClN3S/c13-12-14-5-3-11(15-12)16(10-1-2-10)7-9-4-6-17-8-9/h3-6,8,10H,1-2,7H2. The summed E-state index contributed by atoms with van der Waals surface area (Å²) in [4.78, 5) is 10.5. The monoisotopic (exact) mass is 265 g/mol. The molecule has 1 aliphatic rings. The number of nitrogens with zero attached hydrogens (tertiary/aromatic N) is 3. The number of thiophene rings is 1. The molecule has 0 saturated heterocycles. The Morgan fingerprint density at radius 2 is 2.29 bits per heavy atom. The van der Waals surface area contributed by atoms with Crippen LogP contribution < -0.4 is 4.90 Å². The van der Waals surface area contributed by atoms with Gasteiger partial charge in [0.1, 0.15) is 5.82 Å². The van der Waals surface area contributed by atoms with Gasteiger partial charge in [-0.25, -0.2) is 9.97 Å². The fraction of sp³-hybridized carbons (Fsp3) is 0.333. The minimum Gasteiger partial charge on any atom is -0.349 e. The van der Waals surface area contributed by atoms with Gasteiger partial charge in [-0.15, -0.1) is 0 Å². The number of rotatable bonds is 4. The van der Waals surface area contributed by atoms with Crippen molar-refractivity contribution < 1.29 is 0 Å². The number of halogens is 1. The Bertz CT molecular complexity index is 496. The van der Waals surface area contributed by atoms with Crippen LogP contribution >= 0.6 is 22.9 Å². The molecule has 0 unspecified atom stereocenters. The lowest BCUT2D eigenvalue weighted by molar-refractivity contribution is 0.777. The fourth-order valence-electron chi connectivity index (χ4n) is 1.85. The van der Waals surface area contributed by atoms with Gasteiger partial charge in [-0.3, -0.25) is 0 Å². The van der Waals surface area contributed by atoms with Crippen molar-refractivity contribution in [1.82, 2.24) is 9.97 Å². The summed E-state index contributed by atoms with van der Waals surface area (Å²) in [6.45, 7) is 0.904. The van der Waals surface area contributed by atoms with Crippen LogP contribution in [0.2, 0.25) is 5.28 Å². The summed E-state index contributed by atoms with van der Waals surface area (Å²) in [7, 11) is 0. The van der Waals surface area contributed by atoms with E-state index >= 15 is 0 Å². The SMILES string of the molecule is Clc1nccc(N(Cc2ccsc2)C2CC2)n1. The molecular formula is C12H12ClN3S. The Kier molecular flexibility index (Phi) is 2.99. The molecule has 0 aliphatic heterocycles. The van der Waals surface area contributed by atoms with E-state index in [0.717, 1.165) is 12.4 Å². The second kappa shape index (κ2) is 4.63. The molecule has 3 nitrogen and oxygen atoms in total. The maximum absolute atomic E-state index is 5.85. The minimum absolute atomic E-state index is 0.318. The summed E-state index contributed by atoms with van der Waals surface area (Å²) >= 11 is 7.58. The summed E-state index contributed by atoms with van der Waals surface area (Å²) < 4.78 is 0. The van der Waals surface area contributed by atoms with E-state index in [1.54, 1.807) is 17.5 Å². The van der Waals surface area contributed by atoms with Gasteiger partial charge in [0, 0.05) is 18.8 Å². The highest BCUT2D eigenvalue weighted by Crippen LogP contribution is 2.32. The number of hydrogen-bond donors (Lipinski definition) is 0. The molecule has 1 aliphatic carbocycles. The molecular weight excluding hydrogens is 254 g/mol. The molecule has 3 rings (SSSR count). The Morgan fingerprint density at radius 3 is 2.94 bits per heavy atom. The van der Waals surface area contributed by atoms with Gasteiger partial charge in [0.05, 0.1) is 0 Å². The topological polar surface area (TPSA) is 29.0 Å². The van der Waals surface area contributed by atoms with E-state index < -0.39 is 0 Å². The molecule has 1 fully saturated rings. The molecule has 17 heavy (non-hydrogen) atoms. The second-order valence-corrected chi connectivity index (χ2v) is 5.29. The minimum atomic E-state index is 0.318. The average Bonchev–Trinajstić information content (AvgIpc) is 3.03. The smallest absolute Gasteiger partial charge is 0.224 e. The van der Waals surface area contributed by atoms with Gasteiger partial charge in [-0.2, -0.15) is 11.3 Å². The molecule has 2 aromatic rings. The Labute approximate surface area is 109 Å². The molecule has 0 amide bonds. The molecule has 0 radical (unpaired) electrons. The van der Waals surface area contributed by atoms with E-state index in [0.29, 0.717) is 11.3 Å². The lowest BCUT2D eigenvalue weighted by Crippen LogP contribution is -2.25. The second-order valence-electron chi connectivity index (χ2n) is 4.17. The number of anilines is 1. The van der Waals surface area contributed by atoms with Crippen LogP contribution in [0.25, 0.3) is 0 Å². The van der Waals surface area contributed by atoms with E-state index in [1.165, 1.54) is 18.4 Å². The van der Waals surface area contributed by atoms with E-state index in [-0.39, 0.29) is 0 Å². The van der Waals surface area contributed by atoms with Crippen LogP contribution in [-0.2, 0) is 6.54 Å². The third-order valence-corrected chi connectivity index (χ3v) is 3.74.